The Morgan fingerprint density at radius 3 is 2.41 bits per heavy atom. The summed E-state index contributed by atoms with van der Waals surface area (Å²) in [4.78, 5) is 3.60. The zero-order valence-corrected chi connectivity index (χ0v) is 14.2. The molecule has 27 heavy (non-hydrogen) atoms. The predicted octanol–water partition coefficient (Wildman–Crippen LogP) is 3.77. The van der Waals surface area contributed by atoms with E-state index in [-0.39, 0.29) is 10.8 Å². The lowest BCUT2D eigenvalue weighted by Gasteiger charge is -2.35. The molecule has 0 saturated carbocycles. The summed E-state index contributed by atoms with van der Waals surface area (Å²) in [5.41, 5.74) is -4.09. The van der Waals surface area contributed by atoms with Crippen molar-refractivity contribution in [2.24, 2.45) is 0 Å². The van der Waals surface area contributed by atoms with Gasteiger partial charge in [0.1, 0.15) is 30.0 Å². The molecule has 0 amide bonds. The molecule has 1 heterocycles. The second-order valence-electron chi connectivity index (χ2n) is 5.65. The Kier molecular flexibility index (Phi) is 5.07. The van der Waals surface area contributed by atoms with E-state index in [1.807, 2.05) is 0 Å². The molecule has 2 aromatic carbocycles. The number of aliphatic hydroxyl groups is 1. The van der Waals surface area contributed by atoms with E-state index in [2.05, 4.69) is 14.8 Å². The van der Waals surface area contributed by atoms with E-state index >= 15 is 0 Å². The minimum atomic E-state index is -4.33. The largest absolute Gasteiger partial charge is 0.433 e. The molecule has 1 unspecified atom stereocenters. The van der Waals surface area contributed by atoms with E-state index in [0.717, 1.165) is 41.6 Å². The molecule has 5 nitrogen and oxygen atoms in total. The van der Waals surface area contributed by atoms with E-state index < -0.39 is 35.5 Å². The molecule has 1 atom stereocenters. The first-order valence-corrected chi connectivity index (χ1v) is 7.92. The molecule has 0 radical (unpaired) electrons. The molecule has 0 aliphatic rings. The van der Waals surface area contributed by atoms with Crippen molar-refractivity contribution in [3.05, 3.63) is 77.3 Å². The summed E-state index contributed by atoms with van der Waals surface area (Å²) in [7, 11) is 0. The van der Waals surface area contributed by atoms with Crippen LogP contribution in [0.3, 0.4) is 0 Å². The molecule has 3 aromatic rings. The van der Waals surface area contributed by atoms with Gasteiger partial charge < -0.3 is 9.84 Å². The lowest BCUT2D eigenvalue weighted by Crippen LogP contribution is -2.52. The Bertz CT molecular complexity index is 922. The fraction of sp³-hybridized carbons (Fsp3) is 0.176. The third-order valence-electron chi connectivity index (χ3n) is 3.78. The van der Waals surface area contributed by atoms with Crippen LogP contribution in [0.5, 0.6) is 5.75 Å². The predicted molar refractivity (Wildman–Crippen MR) is 87.3 cm³/mol. The van der Waals surface area contributed by atoms with Gasteiger partial charge in [-0.05, 0) is 36.4 Å². The van der Waals surface area contributed by atoms with E-state index in [1.54, 1.807) is 0 Å². The van der Waals surface area contributed by atoms with Crippen LogP contribution in [-0.4, -0.2) is 26.0 Å². The normalized spacial score (nSPS) is 14.0. The van der Waals surface area contributed by atoms with Crippen molar-refractivity contribution < 1.29 is 27.4 Å². The highest BCUT2D eigenvalue weighted by Gasteiger charge is 2.58. The third kappa shape index (κ3) is 3.88. The molecular formula is C17H12ClF4N3O2. The molecular weight excluding hydrogens is 390 g/mol. The fourth-order valence-electron chi connectivity index (χ4n) is 2.44. The Balaban J connectivity index is 2.05. The monoisotopic (exact) mass is 401 g/mol. The average molecular weight is 402 g/mol. The summed E-state index contributed by atoms with van der Waals surface area (Å²) in [6.07, 6.45) is -2.21. The average Bonchev–Trinajstić information content (AvgIpc) is 3.09. The van der Waals surface area contributed by atoms with Gasteiger partial charge in [0.25, 0.3) is 0 Å². The fourth-order valence-corrected chi connectivity index (χ4v) is 2.57. The van der Waals surface area contributed by atoms with Crippen molar-refractivity contribution >= 4 is 11.6 Å². The van der Waals surface area contributed by atoms with Crippen LogP contribution >= 0.6 is 11.6 Å². The zero-order chi connectivity index (χ0) is 19.7. The topological polar surface area (TPSA) is 60.2 Å². The van der Waals surface area contributed by atoms with Crippen molar-refractivity contribution in [1.29, 1.82) is 0 Å². The smallest absolute Gasteiger partial charge is 0.430 e. The molecule has 0 spiro atoms. The van der Waals surface area contributed by atoms with Crippen molar-refractivity contribution in [1.82, 2.24) is 14.8 Å². The molecule has 142 valence electrons. The van der Waals surface area contributed by atoms with E-state index in [4.69, 9.17) is 11.6 Å². The SMILES string of the molecule is OC(Cn1cncn1)(c1ccc(F)cc1F)C(F)(F)Oc1ccc(Cl)cc1. The van der Waals surface area contributed by atoms with Crippen molar-refractivity contribution in [3.8, 4) is 5.75 Å². The van der Waals surface area contributed by atoms with Crippen LogP contribution in [0.2, 0.25) is 5.02 Å². The van der Waals surface area contributed by atoms with Crippen LogP contribution in [0, 0.1) is 11.6 Å². The second-order valence-corrected chi connectivity index (χ2v) is 6.09. The molecule has 0 fully saturated rings. The first-order valence-electron chi connectivity index (χ1n) is 7.54. The second kappa shape index (κ2) is 7.16. The van der Waals surface area contributed by atoms with Gasteiger partial charge in [-0.3, -0.25) is 0 Å². The maximum Gasteiger partial charge on any atom is 0.433 e. The zero-order valence-electron chi connectivity index (χ0n) is 13.5. The molecule has 1 aromatic heterocycles. The molecule has 1 N–H and O–H groups in total. The number of alkyl halides is 2. The molecule has 0 aliphatic carbocycles. The van der Waals surface area contributed by atoms with Gasteiger partial charge in [0, 0.05) is 16.7 Å². The Morgan fingerprint density at radius 1 is 1.11 bits per heavy atom. The number of halogens is 5. The number of rotatable bonds is 6. The van der Waals surface area contributed by atoms with Crippen LogP contribution in [-0.2, 0) is 12.1 Å². The minimum Gasteiger partial charge on any atom is -0.430 e. The quantitative estimate of drug-likeness (QED) is 0.639. The molecule has 3 rings (SSSR count). The minimum absolute atomic E-state index is 0.285. The lowest BCUT2D eigenvalue weighted by atomic mass is 9.91. The summed E-state index contributed by atoms with van der Waals surface area (Å²) < 4.78 is 63.0. The van der Waals surface area contributed by atoms with Crippen molar-refractivity contribution in [2.75, 3.05) is 0 Å². The van der Waals surface area contributed by atoms with Gasteiger partial charge in [-0.2, -0.15) is 13.9 Å². The highest BCUT2D eigenvalue weighted by Crippen LogP contribution is 2.42. The van der Waals surface area contributed by atoms with Crippen LogP contribution < -0.4 is 4.74 Å². The summed E-state index contributed by atoms with van der Waals surface area (Å²) in [5.74, 6) is -2.66. The van der Waals surface area contributed by atoms with E-state index in [9.17, 15) is 22.7 Å². The standard InChI is InChI=1S/C17H12ClF4N3O2/c18-11-1-4-13(5-2-11)27-17(21,22)16(26,8-25-10-23-9-24-25)14-6-3-12(19)7-15(14)20/h1-7,9-10,26H,8H2. The lowest BCUT2D eigenvalue weighted by molar-refractivity contribution is -0.301. The van der Waals surface area contributed by atoms with E-state index in [0.29, 0.717) is 6.07 Å². The molecule has 10 heteroatoms. The van der Waals surface area contributed by atoms with Gasteiger partial charge in [0.05, 0.1) is 6.54 Å². The highest BCUT2D eigenvalue weighted by atomic mass is 35.5. The van der Waals surface area contributed by atoms with Crippen molar-refractivity contribution in [2.45, 2.75) is 18.3 Å². The van der Waals surface area contributed by atoms with Crippen LogP contribution in [0.25, 0.3) is 0 Å². The maximum atomic E-state index is 15.0. The maximum absolute atomic E-state index is 15.0. The Hall–Kier alpha value is -2.65. The van der Waals surface area contributed by atoms with Crippen LogP contribution in [0.15, 0.2) is 55.1 Å². The van der Waals surface area contributed by atoms with Gasteiger partial charge in [-0.15, -0.1) is 0 Å². The highest BCUT2D eigenvalue weighted by molar-refractivity contribution is 6.30. The number of nitrogens with zero attached hydrogens (tertiary/aromatic N) is 3. The summed E-state index contributed by atoms with van der Waals surface area (Å²) in [5, 5.41) is 14.8. The van der Waals surface area contributed by atoms with Gasteiger partial charge in [0.15, 0.2) is 0 Å². The summed E-state index contributed by atoms with van der Waals surface area (Å²) in [6.45, 7) is -0.907. The third-order valence-corrected chi connectivity index (χ3v) is 4.03. The first kappa shape index (κ1) is 19.1. The molecule has 0 bridgehead atoms. The van der Waals surface area contributed by atoms with Gasteiger partial charge in [-0.25, -0.2) is 18.4 Å². The van der Waals surface area contributed by atoms with Gasteiger partial charge >= 0.3 is 6.11 Å². The first-order chi connectivity index (χ1) is 12.7. The summed E-state index contributed by atoms with van der Waals surface area (Å²) >= 11 is 5.70. The number of aromatic nitrogens is 3. The van der Waals surface area contributed by atoms with Gasteiger partial charge in [0.2, 0.25) is 5.60 Å². The Morgan fingerprint density at radius 2 is 1.81 bits per heavy atom. The van der Waals surface area contributed by atoms with Gasteiger partial charge in [-0.1, -0.05) is 11.6 Å². The Labute approximate surface area is 155 Å². The summed E-state index contributed by atoms with van der Waals surface area (Å²) in [6, 6.07) is 6.80. The van der Waals surface area contributed by atoms with Crippen LogP contribution in [0.1, 0.15) is 5.56 Å². The van der Waals surface area contributed by atoms with Crippen molar-refractivity contribution in [3.63, 3.8) is 0 Å². The molecule has 0 saturated heterocycles. The van der Waals surface area contributed by atoms with E-state index in [1.165, 1.54) is 12.1 Å². The number of hydrogen-bond donors (Lipinski definition) is 1. The number of hydrogen-bond acceptors (Lipinski definition) is 4. The molecule has 0 aliphatic heterocycles. The van der Waals surface area contributed by atoms with Crippen LogP contribution in [0.4, 0.5) is 17.6 Å². The number of ether oxygens (including phenoxy) is 1. The number of benzene rings is 2.